The van der Waals surface area contributed by atoms with E-state index in [9.17, 15) is 0 Å². The number of hydrogen-bond donors (Lipinski definition) is 0. The average molecular weight is 204 g/mol. The summed E-state index contributed by atoms with van der Waals surface area (Å²) in [7, 11) is 1.65. The molecule has 1 aromatic rings. The number of allylic oxidation sites excluding steroid dienone is 1. The Labute approximate surface area is 90.8 Å². The second-order valence-corrected chi connectivity index (χ2v) is 3.34. The van der Waals surface area contributed by atoms with E-state index >= 15 is 0 Å². The molecule has 0 aliphatic carbocycles. The van der Waals surface area contributed by atoms with Gasteiger partial charge in [0.2, 0.25) is 0 Å². The van der Waals surface area contributed by atoms with E-state index in [0.717, 1.165) is 16.9 Å². The second-order valence-electron chi connectivity index (χ2n) is 3.34. The first-order chi connectivity index (χ1) is 7.13. The fourth-order valence-corrected chi connectivity index (χ4v) is 1.02. The quantitative estimate of drug-likeness (QED) is 0.541. The van der Waals surface area contributed by atoms with Crippen LogP contribution in [0, 0.1) is 0 Å². The lowest BCUT2D eigenvalue weighted by atomic mass is 10.2. The molecule has 80 valence electrons. The van der Waals surface area contributed by atoms with E-state index in [4.69, 9.17) is 9.47 Å². The highest BCUT2D eigenvalue weighted by Crippen LogP contribution is 2.14. The molecule has 0 aliphatic rings. The third kappa shape index (κ3) is 3.50. The number of methoxy groups -OCH3 is 1. The summed E-state index contributed by atoms with van der Waals surface area (Å²) < 4.78 is 10.5. The Morgan fingerprint density at radius 3 is 2.27 bits per heavy atom. The Kier molecular flexibility index (Phi) is 3.98. The Morgan fingerprint density at radius 1 is 1.20 bits per heavy atom. The summed E-state index contributed by atoms with van der Waals surface area (Å²) in [5.74, 6) is 1.48. The maximum absolute atomic E-state index is 5.43. The zero-order valence-corrected chi connectivity index (χ0v) is 9.25. The molecule has 2 heteroatoms. The molecule has 0 aliphatic heterocycles. The highest BCUT2D eigenvalue weighted by Gasteiger charge is 1.98. The van der Waals surface area contributed by atoms with Crippen LogP contribution in [0.25, 0.3) is 0 Å². The molecule has 0 saturated heterocycles. The molecule has 2 nitrogen and oxygen atoms in total. The lowest BCUT2D eigenvalue weighted by Gasteiger charge is -2.08. The van der Waals surface area contributed by atoms with Crippen LogP contribution in [-0.4, -0.2) is 7.11 Å². The SMILES string of the molecule is C=C(C)C(=C)OCc1ccc(OC)cc1. The molecule has 0 fully saturated rings. The first-order valence-electron chi connectivity index (χ1n) is 4.74. The van der Waals surface area contributed by atoms with Gasteiger partial charge in [0.15, 0.2) is 0 Å². The molecule has 0 aromatic heterocycles. The van der Waals surface area contributed by atoms with Gasteiger partial charge < -0.3 is 9.47 Å². The van der Waals surface area contributed by atoms with Crippen LogP contribution in [0.5, 0.6) is 5.75 Å². The monoisotopic (exact) mass is 204 g/mol. The Balaban J connectivity index is 2.51. The van der Waals surface area contributed by atoms with E-state index in [1.165, 1.54) is 0 Å². The van der Waals surface area contributed by atoms with E-state index < -0.39 is 0 Å². The molecular weight excluding hydrogens is 188 g/mol. The molecule has 0 heterocycles. The molecule has 0 spiro atoms. The van der Waals surface area contributed by atoms with Crippen LogP contribution >= 0.6 is 0 Å². The predicted octanol–water partition coefficient (Wildman–Crippen LogP) is 3.30. The van der Waals surface area contributed by atoms with Crippen molar-refractivity contribution in [3.63, 3.8) is 0 Å². The molecule has 1 rings (SSSR count). The van der Waals surface area contributed by atoms with Gasteiger partial charge in [-0.15, -0.1) is 0 Å². The first kappa shape index (κ1) is 11.4. The van der Waals surface area contributed by atoms with Crippen molar-refractivity contribution < 1.29 is 9.47 Å². The maximum atomic E-state index is 5.43. The molecule has 0 bridgehead atoms. The number of hydrogen-bond acceptors (Lipinski definition) is 2. The van der Waals surface area contributed by atoms with Crippen molar-refractivity contribution in [3.05, 3.63) is 54.3 Å². The molecule has 0 amide bonds. The van der Waals surface area contributed by atoms with E-state index in [1.807, 2.05) is 31.2 Å². The van der Waals surface area contributed by atoms with Crippen molar-refractivity contribution in [1.82, 2.24) is 0 Å². The largest absolute Gasteiger partial charge is 0.497 e. The molecule has 0 saturated carbocycles. The normalized spacial score (nSPS) is 9.47. The minimum atomic E-state index is 0.510. The van der Waals surface area contributed by atoms with Crippen LogP contribution in [0.15, 0.2) is 48.8 Å². The van der Waals surface area contributed by atoms with E-state index in [2.05, 4.69) is 13.2 Å². The Bertz CT molecular complexity index is 349. The number of ether oxygens (including phenoxy) is 2. The summed E-state index contributed by atoms with van der Waals surface area (Å²) in [6, 6.07) is 7.74. The predicted molar refractivity (Wildman–Crippen MR) is 61.7 cm³/mol. The summed E-state index contributed by atoms with van der Waals surface area (Å²) in [5.41, 5.74) is 1.93. The molecule has 15 heavy (non-hydrogen) atoms. The fraction of sp³-hybridized carbons (Fsp3) is 0.231. The third-order valence-corrected chi connectivity index (χ3v) is 2.05. The van der Waals surface area contributed by atoms with Crippen molar-refractivity contribution in [2.24, 2.45) is 0 Å². The van der Waals surface area contributed by atoms with Crippen molar-refractivity contribution in [2.75, 3.05) is 7.11 Å². The van der Waals surface area contributed by atoms with Gasteiger partial charge in [-0.1, -0.05) is 25.3 Å². The van der Waals surface area contributed by atoms with Crippen molar-refractivity contribution in [2.45, 2.75) is 13.5 Å². The molecule has 1 aromatic carbocycles. The third-order valence-electron chi connectivity index (χ3n) is 2.05. The second kappa shape index (κ2) is 5.25. The van der Waals surface area contributed by atoms with Gasteiger partial charge in [-0.2, -0.15) is 0 Å². The van der Waals surface area contributed by atoms with Crippen molar-refractivity contribution in [1.29, 1.82) is 0 Å². The highest BCUT2D eigenvalue weighted by molar-refractivity contribution is 5.27. The highest BCUT2D eigenvalue weighted by atomic mass is 16.5. The minimum Gasteiger partial charge on any atom is -0.497 e. The van der Waals surface area contributed by atoms with Gasteiger partial charge in [0.1, 0.15) is 18.1 Å². The molecule has 0 unspecified atom stereocenters. The summed E-state index contributed by atoms with van der Waals surface area (Å²) in [6.07, 6.45) is 0. The lowest BCUT2D eigenvalue weighted by Crippen LogP contribution is -1.93. The molecule has 0 N–H and O–H groups in total. The minimum absolute atomic E-state index is 0.510. The molecule has 0 atom stereocenters. The van der Waals surface area contributed by atoms with Gasteiger partial charge >= 0.3 is 0 Å². The summed E-state index contributed by atoms with van der Waals surface area (Å²) in [6.45, 7) is 9.89. The Morgan fingerprint density at radius 2 is 1.80 bits per heavy atom. The maximum Gasteiger partial charge on any atom is 0.118 e. The summed E-state index contributed by atoms with van der Waals surface area (Å²) >= 11 is 0. The van der Waals surface area contributed by atoms with Crippen molar-refractivity contribution in [3.8, 4) is 5.75 Å². The van der Waals surface area contributed by atoms with Gasteiger partial charge in [0, 0.05) is 0 Å². The van der Waals surface area contributed by atoms with Crippen LogP contribution in [0.4, 0.5) is 0 Å². The Hall–Kier alpha value is -1.70. The van der Waals surface area contributed by atoms with Gasteiger partial charge in [-0.05, 0) is 30.2 Å². The zero-order chi connectivity index (χ0) is 11.3. The van der Waals surface area contributed by atoms with E-state index in [-0.39, 0.29) is 0 Å². The number of rotatable bonds is 5. The van der Waals surface area contributed by atoms with Gasteiger partial charge in [-0.25, -0.2) is 0 Å². The van der Waals surface area contributed by atoms with Crippen LogP contribution < -0.4 is 4.74 Å². The van der Waals surface area contributed by atoms with Crippen molar-refractivity contribution >= 4 is 0 Å². The van der Waals surface area contributed by atoms with Crippen LogP contribution in [0.2, 0.25) is 0 Å². The topological polar surface area (TPSA) is 18.5 Å². The van der Waals surface area contributed by atoms with E-state index in [1.54, 1.807) is 7.11 Å². The van der Waals surface area contributed by atoms with Gasteiger partial charge in [0.05, 0.1) is 7.11 Å². The lowest BCUT2D eigenvalue weighted by molar-refractivity contribution is 0.208. The number of benzene rings is 1. The zero-order valence-electron chi connectivity index (χ0n) is 9.25. The summed E-state index contributed by atoms with van der Waals surface area (Å²) in [4.78, 5) is 0. The van der Waals surface area contributed by atoms with Crippen LogP contribution in [0.3, 0.4) is 0 Å². The van der Waals surface area contributed by atoms with Crippen LogP contribution in [-0.2, 0) is 11.3 Å². The summed E-state index contributed by atoms with van der Waals surface area (Å²) in [5, 5.41) is 0. The average Bonchev–Trinajstić information content (AvgIpc) is 2.26. The first-order valence-corrected chi connectivity index (χ1v) is 4.74. The standard InChI is InChI=1S/C13H16O2/c1-10(2)11(3)15-9-12-5-7-13(14-4)8-6-12/h5-8H,1,3,9H2,2,4H3. The van der Waals surface area contributed by atoms with E-state index in [0.29, 0.717) is 12.4 Å². The fourth-order valence-electron chi connectivity index (χ4n) is 1.02. The van der Waals surface area contributed by atoms with Gasteiger partial charge in [0.25, 0.3) is 0 Å². The molecular formula is C13H16O2. The van der Waals surface area contributed by atoms with Gasteiger partial charge in [-0.3, -0.25) is 0 Å². The van der Waals surface area contributed by atoms with Crippen LogP contribution in [0.1, 0.15) is 12.5 Å². The molecule has 0 radical (unpaired) electrons. The smallest absolute Gasteiger partial charge is 0.118 e.